The number of carbonyl (C=O) groups excluding carboxylic acids is 3. The van der Waals surface area contributed by atoms with Crippen molar-refractivity contribution in [3.8, 4) is 0 Å². The molecule has 1 aliphatic carbocycles. The van der Waals surface area contributed by atoms with E-state index in [1.54, 1.807) is 29.7 Å². The molecular formula is C22H32N2O6. The minimum absolute atomic E-state index is 0.0745. The standard InChI is InChI=1S/C22H32N2O6/c1-14(2)13-17(19(29-3)21(26)24-28)20(25)23-18(15-9-5-4-6-10-15)22(27)30-16-11-7-8-12-16/h4-6,9-10,14,16-19,28H,7-8,11-13H2,1-3H3,(H,23,25)(H,24,26)/t17-,18+,19+/m1/s1. The minimum atomic E-state index is -1.19. The van der Waals surface area contributed by atoms with Crippen LogP contribution in [0.15, 0.2) is 30.3 Å². The third-order valence-electron chi connectivity index (χ3n) is 5.29. The molecule has 1 aliphatic rings. The fourth-order valence-electron chi connectivity index (χ4n) is 3.81. The summed E-state index contributed by atoms with van der Waals surface area (Å²) in [5, 5.41) is 11.8. The van der Waals surface area contributed by atoms with E-state index in [4.69, 9.17) is 14.7 Å². The van der Waals surface area contributed by atoms with Crippen molar-refractivity contribution in [1.29, 1.82) is 0 Å². The molecule has 0 heterocycles. The Morgan fingerprint density at radius 2 is 1.73 bits per heavy atom. The summed E-state index contributed by atoms with van der Waals surface area (Å²) >= 11 is 0. The molecule has 3 atom stereocenters. The number of ether oxygens (including phenoxy) is 2. The summed E-state index contributed by atoms with van der Waals surface area (Å²) in [5.74, 6) is -2.68. The van der Waals surface area contributed by atoms with E-state index in [9.17, 15) is 14.4 Å². The summed E-state index contributed by atoms with van der Waals surface area (Å²) in [6, 6.07) is 7.86. The van der Waals surface area contributed by atoms with Gasteiger partial charge in [0.25, 0.3) is 5.91 Å². The summed E-state index contributed by atoms with van der Waals surface area (Å²) < 4.78 is 10.8. The molecule has 8 heteroatoms. The number of amides is 2. The molecule has 1 aromatic rings. The molecule has 30 heavy (non-hydrogen) atoms. The Morgan fingerprint density at radius 3 is 2.27 bits per heavy atom. The summed E-state index contributed by atoms with van der Waals surface area (Å²) in [4.78, 5) is 38.1. The van der Waals surface area contributed by atoms with Crippen molar-refractivity contribution in [2.45, 2.75) is 64.2 Å². The average Bonchev–Trinajstić information content (AvgIpc) is 3.24. The van der Waals surface area contributed by atoms with Crippen LogP contribution >= 0.6 is 0 Å². The number of hydroxylamine groups is 1. The normalized spacial score (nSPS) is 17.2. The van der Waals surface area contributed by atoms with Crippen molar-refractivity contribution in [2.75, 3.05) is 7.11 Å². The van der Waals surface area contributed by atoms with E-state index in [2.05, 4.69) is 5.32 Å². The van der Waals surface area contributed by atoms with Gasteiger partial charge in [0, 0.05) is 7.11 Å². The highest BCUT2D eigenvalue weighted by Gasteiger charge is 2.37. The van der Waals surface area contributed by atoms with Gasteiger partial charge >= 0.3 is 5.97 Å². The summed E-state index contributed by atoms with van der Waals surface area (Å²) in [7, 11) is 1.30. The maximum Gasteiger partial charge on any atom is 0.333 e. The van der Waals surface area contributed by atoms with Gasteiger partial charge in [-0.1, -0.05) is 44.2 Å². The zero-order chi connectivity index (χ0) is 22.1. The van der Waals surface area contributed by atoms with E-state index >= 15 is 0 Å². The van der Waals surface area contributed by atoms with Crippen LogP contribution in [0, 0.1) is 11.8 Å². The third kappa shape index (κ3) is 6.53. The van der Waals surface area contributed by atoms with Gasteiger partial charge in [0.15, 0.2) is 6.04 Å². The molecule has 0 aromatic heterocycles. The van der Waals surface area contributed by atoms with Crippen LogP contribution in [0.2, 0.25) is 0 Å². The molecule has 166 valence electrons. The van der Waals surface area contributed by atoms with Gasteiger partial charge in [-0.05, 0) is 43.6 Å². The number of rotatable bonds is 10. The Labute approximate surface area is 177 Å². The second-order valence-corrected chi connectivity index (χ2v) is 8.06. The number of hydrogen-bond acceptors (Lipinski definition) is 6. The van der Waals surface area contributed by atoms with Crippen LogP contribution in [0.1, 0.15) is 57.6 Å². The second kappa shape index (κ2) is 11.7. The van der Waals surface area contributed by atoms with Crippen LogP contribution in [-0.2, 0) is 23.9 Å². The van der Waals surface area contributed by atoms with Gasteiger partial charge in [0.1, 0.15) is 12.2 Å². The number of nitrogens with one attached hydrogen (secondary N) is 2. The van der Waals surface area contributed by atoms with E-state index in [-0.39, 0.29) is 12.0 Å². The van der Waals surface area contributed by atoms with Crippen LogP contribution in [0.25, 0.3) is 0 Å². The maximum absolute atomic E-state index is 13.2. The SMILES string of the molecule is CO[C@H](C(=O)NO)[C@@H](CC(C)C)C(=O)N[C@H](C(=O)OC1CCCC1)c1ccccc1. The van der Waals surface area contributed by atoms with Gasteiger partial charge in [-0.3, -0.25) is 14.8 Å². The molecular weight excluding hydrogens is 388 g/mol. The quantitative estimate of drug-likeness (QED) is 0.304. The Hall–Kier alpha value is -2.45. The van der Waals surface area contributed by atoms with Crippen LogP contribution in [0.4, 0.5) is 0 Å². The molecule has 0 unspecified atom stereocenters. The maximum atomic E-state index is 13.2. The lowest BCUT2D eigenvalue weighted by atomic mass is 9.90. The molecule has 0 radical (unpaired) electrons. The molecule has 1 aromatic carbocycles. The van der Waals surface area contributed by atoms with Crippen LogP contribution in [-0.4, -0.2) is 42.3 Å². The zero-order valence-electron chi connectivity index (χ0n) is 17.8. The number of carbonyl (C=O) groups is 3. The van der Waals surface area contributed by atoms with Crippen molar-refractivity contribution in [3.05, 3.63) is 35.9 Å². The first kappa shape index (κ1) is 23.8. The molecule has 2 amide bonds. The first-order valence-corrected chi connectivity index (χ1v) is 10.4. The fourth-order valence-corrected chi connectivity index (χ4v) is 3.81. The minimum Gasteiger partial charge on any atom is -0.461 e. The Kier molecular flexibility index (Phi) is 9.26. The van der Waals surface area contributed by atoms with Crippen molar-refractivity contribution < 1.29 is 29.1 Å². The Bertz CT molecular complexity index is 703. The summed E-state index contributed by atoms with van der Waals surface area (Å²) in [6.07, 6.45) is 2.67. The zero-order valence-corrected chi connectivity index (χ0v) is 17.8. The van der Waals surface area contributed by atoms with Crippen molar-refractivity contribution >= 4 is 17.8 Å². The predicted octanol–water partition coefficient (Wildman–Crippen LogP) is 2.51. The van der Waals surface area contributed by atoms with Gasteiger partial charge in [-0.15, -0.1) is 0 Å². The number of esters is 1. The number of benzene rings is 1. The Morgan fingerprint density at radius 1 is 1.10 bits per heavy atom. The molecule has 0 saturated heterocycles. The molecule has 3 N–H and O–H groups in total. The molecule has 8 nitrogen and oxygen atoms in total. The van der Waals surface area contributed by atoms with Crippen LogP contribution in [0.3, 0.4) is 0 Å². The van der Waals surface area contributed by atoms with E-state index in [0.717, 1.165) is 25.7 Å². The lowest BCUT2D eigenvalue weighted by molar-refractivity contribution is -0.155. The highest BCUT2D eigenvalue weighted by molar-refractivity contribution is 5.91. The number of methoxy groups -OCH3 is 1. The topological polar surface area (TPSA) is 114 Å². The summed E-state index contributed by atoms with van der Waals surface area (Å²) in [5.41, 5.74) is 2.14. The van der Waals surface area contributed by atoms with Crippen molar-refractivity contribution in [3.63, 3.8) is 0 Å². The van der Waals surface area contributed by atoms with E-state index < -0.39 is 35.8 Å². The lowest BCUT2D eigenvalue weighted by Crippen LogP contribution is -2.48. The molecule has 0 spiro atoms. The van der Waals surface area contributed by atoms with Gasteiger partial charge in [0.2, 0.25) is 5.91 Å². The predicted molar refractivity (Wildman–Crippen MR) is 109 cm³/mol. The van der Waals surface area contributed by atoms with Crippen molar-refractivity contribution in [1.82, 2.24) is 10.8 Å². The van der Waals surface area contributed by atoms with E-state index in [1.165, 1.54) is 7.11 Å². The van der Waals surface area contributed by atoms with Gasteiger partial charge in [0.05, 0.1) is 5.92 Å². The highest BCUT2D eigenvalue weighted by Crippen LogP contribution is 2.25. The molecule has 2 rings (SSSR count). The number of hydrogen-bond donors (Lipinski definition) is 3. The van der Waals surface area contributed by atoms with Gasteiger partial charge < -0.3 is 14.8 Å². The molecule has 0 bridgehead atoms. The molecule has 1 fully saturated rings. The van der Waals surface area contributed by atoms with E-state index in [0.29, 0.717) is 12.0 Å². The first-order valence-electron chi connectivity index (χ1n) is 10.4. The Balaban J connectivity index is 2.24. The lowest BCUT2D eigenvalue weighted by Gasteiger charge is -2.27. The van der Waals surface area contributed by atoms with E-state index in [1.807, 2.05) is 19.9 Å². The fraction of sp³-hybridized carbons (Fsp3) is 0.591. The van der Waals surface area contributed by atoms with Gasteiger partial charge in [-0.2, -0.15) is 0 Å². The smallest absolute Gasteiger partial charge is 0.333 e. The first-order chi connectivity index (χ1) is 14.4. The van der Waals surface area contributed by atoms with Gasteiger partial charge in [-0.25, -0.2) is 10.3 Å². The van der Waals surface area contributed by atoms with Crippen molar-refractivity contribution in [2.24, 2.45) is 11.8 Å². The average molecular weight is 421 g/mol. The molecule has 0 aliphatic heterocycles. The summed E-state index contributed by atoms with van der Waals surface area (Å²) in [6.45, 7) is 3.82. The highest BCUT2D eigenvalue weighted by atomic mass is 16.5. The second-order valence-electron chi connectivity index (χ2n) is 8.06. The van der Waals surface area contributed by atoms with Crippen LogP contribution < -0.4 is 10.8 Å². The van der Waals surface area contributed by atoms with Crippen LogP contribution in [0.5, 0.6) is 0 Å². The largest absolute Gasteiger partial charge is 0.461 e. The monoisotopic (exact) mass is 420 g/mol. The third-order valence-corrected chi connectivity index (χ3v) is 5.29. The molecule has 1 saturated carbocycles.